The van der Waals surface area contributed by atoms with Crippen LogP contribution in [0.1, 0.15) is 53.6 Å². The number of carbonyl (C=O) groups is 1. The zero-order valence-electron chi connectivity index (χ0n) is 11.6. The quantitative estimate of drug-likeness (QED) is 0.904. The fraction of sp³-hybridized carbons (Fsp3) is 0.562. The molecule has 0 saturated carbocycles. The fourth-order valence-corrected chi connectivity index (χ4v) is 3.99. The second kappa shape index (κ2) is 4.97. The average molecular weight is 258 g/mol. The number of nitrogens with two attached hydrogens (primary N) is 1. The first-order valence-corrected chi connectivity index (χ1v) is 7.38. The van der Waals surface area contributed by atoms with Crippen LogP contribution in [0.15, 0.2) is 18.2 Å². The van der Waals surface area contributed by atoms with E-state index in [0.717, 1.165) is 18.5 Å². The number of hydrogen-bond donors (Lipinski definition) is 1. The molecular formula is C16H22N2O. The van der Waals surface area contributed by atoms with Gasteiger partial charge in [-0.2, -0.15) is 0 Å². The summed E-state index contributed by atoms with van der Waals surface area (Å²) in [6.07, 6.45) is 4.67. The Hall–Kier alpha value is -1.35. The lowest BCUT2D eigenvalue weighted by Gasteiger charge is -2.34. The summed E-state index contributed by atoms with van der Waals surface area (Å²) in [6, 6.07) is 6.65. The van der Waals surface area contributed by atoms with Gasteiger partial charge in [0.2, 0.25) is 5.91 Å². The highest BCUT2D eigenvalue weighted by atomic mass is 16.1. The third-order valence-corrected chi connectivity index (χ3v) is 4.71. The van der Waals surface area contributed by atoms with Crippen LogP contribution >= 0.6 is 0 Å². The van der Waals surface area contributed by atoms with Crippen molar-refractivity contribution in [1.82, 2.24) is 4.90 Å². The predicted octanol–water partition coefficient (Wildman–Crippen LogP) is 2.30. The van der Waals surface area contributed by atoms with Crippen molar-refractivity contribution in [1.29, 1.82) is 0 Å². The highest BCUT2D eigenvalue weighted by molar-refractivity contribution is 5.95. The van der Waals surface area contributed by atoms with Crippen molar-refractivity contribution >= 4 is 5.91 Å². The van der Waals surface area contributed by atoms with Gasteiger partial charge >= 0.3 is 0 Å². The number of rotatable bonds is 3. The number of hydrogen-bond acceptors (Lipinski definition) is 2. The van der Waals surface area contributed by atoms with Crippen molar-refractivity contribution in [3.05, 3.63) is 34.9 Å². The summed E-state index contributed by atoms with van der Waals surface area (Å²) in [5.74, 6) is 0.241. The normalized spacial score (nSPS) is 25.9. The Balaban J connectivity index is 1.99. The summed E-state index contributed by atoms with van der Waals surface area (Å²) in [5.41, 5.74) is 8.91. The maximum absolute atomic E-state index is 11.7. The molecule has 1 aromatic rings. The first-order chi connectivity index (χ1) is 9.22. The minimum absolute atomic E-state index is 0.272. The topological polar surface area (TPSA) is 46.3 Å². The van der Waals surface area contributed by atoms with E-state index in [2.05, 4.69) is 17.9 Å². The molecule has 19 heavy (non-hydrogen) atoms. The van der Waals surface area contributed by atoms with Crippen molar-refractivity contribution < 1.29 is 4.79 Å². The first kappa shape index (κ1) is 12.7. The van der Waals surface area contributed by atoms with E-state index in [4.69, 9.17) is 5.73 Å². The second-order valence-corrected chi connectivity index (χ2v) is 5.78. The molecule has 1 aliphatic heterocycles. The van der Waals surface area contributed by atoms with Crippen molar-refractivity contribution in [2.24, 2.45) is 5.73 Å². The number of carbonyl (C=O) groups excluding carboxylic acids is 1. The zero-order valence-corrected chi connectivity index (χ0v) is 11.6. The van der Waals surface area contributed by atoms with Crippen LogP contribution in [0, 0.1) is 0 Å². The molecule has 0 unspecified atom stereocenters. The van der Waals surface area contributed by atoms with E-state index < -0.39 is 0 Å². The number of nitrogens with zero attached hydrogens (tertiary/aromatic N) is 1. The van der Waals surface area contributed by atoms with Crippen molar-refractivity contribution in [3.8, 4) is 0 Å². The lowest BCUT2D eigenvalue weighted by atomic mass is 9.77. The molecular weight excluding hydrogens is 236 g/mol. The molecule has 1 aliphatic carbocycles. The second-order valence-electron chi connectivity index (χ2n) is 5.78. The largest absolute Gasteiger partial charge is 0.366 e. The van der Waals surface area contributed by atoms with Crippen LogP contribution in [0.3, 0.4) is 0 Å². The van der Waals surface area contributed by atoms with Gasteiger partial charge in [0.15, 0.2) is 0 Å². The Labute approximate surface area is 114 Å². The molecule has 2 atom stereocenters. The standard InChI is InChI=1S/C16H22N2O/c1-2-9-18-10-8-12-14(18)7-6-11-4-3-5-13(15(11)12)16(17)19/h3-5,12,14H,2,6-10H2,1H3,(H2,17,19)/t12-,14+/m1/s1. The SMILES string of the molecule is CCCN1CC[C@H]2c3c(cccc3C(N)=O)CC[C@@H]21. The molecule has 1 aromatic carbocycles. The van der Waals surface area contributed by atoms with Gasteiger partial charge in [0.25, 0.3) is 0 Å². The molecule has 102 valence electrons. The van der Waals surface area contributed by atoms with E-state index in [1.807, 2.05) is 12.1 Å². The molecule has 0 radical (unpaired) electrons. The molecule has 2 N–H and O–H groups in total. The van der Waals surface area contributed by atoms with E-state index in [1.165, 1.54) is 36.9 Å². The molecule has 3 heteroatoms. The molecule has 0 bridgehead atoms. The fourth-order valence-electron chi connectivity index (χ4n) is 3.99. The van der Waals surface area contributed by atoms with Gasteiger partial charge in [0, 0.05) is 17.5 Å². The minimum Gasteiger partial charge on any atom is -0.366 e. The van der Waals surface area contributed by atoms with Gasteiger partial charge in [0.05, 0.1) is 0 Å². The molecule has 2 aliphatic rings. The Morgan fingerprint density at radius 1 is 1.42 bits per heavy atom. The van der Waals surface area contributed by atoms with Gasteiger partial charge in [-0.25, -0.2) is 0 Å². The highest BCUT2D eigenvalue weighted by Crippen LogP contribution is 2.42. The summed E-state index contributed by atoms with van der Waals surface area (Å²) in [4.78, 5) is 14.3. The van der Waals surface area contributed by atoms with E-state index in [0.29, 0.717) is 12.0 Å². The number of fused-ring (bicyclic) bond motifs is 3. The lowest BCUT2D eigenvalue weighted by molar-refractivity contribution is 0.0998. The first-order valence-electron chi connectivity index (χ1n) is 7.38. The summed E-state index contributed by atoms with van der Waals surface area (Å²) in [6.45, 7) is 4.57. The maximum atomic E-state index is 11.7. The third-order valence-electron chi connectivity index (χ3n) is 4.71. The number of aryl methyl sites for hydroxylation is 1. The Morgan fingerprint density at radius 2 is 2.26 bits per heavy atom. The minimum atomic E-state index is -0.272. The van der Waals surface area contributed by atoms with Crippen molar-refractivity contribution in [2.75, 3.05) is 13.1 Å². The Morgan fingerprint density at radius 3 is 3.00 bits per heavy atom. The number of benzene rings is 1. The Bertz CT molecular complexity index is 498. The summed E-state index contributed by atoms with van der Waals surface area (Å²) in [5, 5.41) is 0. The van der Waals surface area contributed by atoms with Gasteiger partial charge in [0.1, 0.15) is 0 Å². The number of amides is 1. The van der Waals surface area contributed by atoms with Crippen LogP contribution in [0.2, 0.25) is 0 Å². The van der Waals surface area contributed by atoms with Crippen LogP contribution in [0.25, 0.3) is 0 Å². The predicted molar refractivity (Wildman–Crippen MR) is 76.3 cm³/mol. The number of primary amides is 1. The third kappa shape index (κ3) is 2.06. The van der Waals surface area contributed by atoms with E-state index in [9.17, 15) is 4.79 Å². The maximum Gasteiger partial charge on any atom is 0.248 e. The number of likely N-dealkylation sites (tertiary alicyclic amines) is 1. The summed E-state index contributed by atoms with van der Waals surface area (Å²) in [7, 11) is 0. The highest BCUT2D eigenvalue weighted by Gasteiger charge is 2.39. The summed E-state index contributed by atoms with van der Waals surface area (Å²) < 4.78 is 0. The zero-order chi connectivity index (χ0) is 13.4. The molecule has 1 fully saturated rings. The van der Waals surface area contributed by atoms with Gasteiger partial charge in [-0.05, 0) is 56.0 Å². The van der Waals surface area contributed by atoms with Crippen molar-refractivity contribution in [3.63, 3.8) is 0 Å². The van der Waals surface area contributed by atoms with E-state index in [-0.39, 0.29) is 5.91 Å². The van der Waals surface area contributed by atoms with E-state index in [1.54, 1.807) is 0 Å². The Kier molecular flexibility index (Phi) is 3.31. The van der Waals surface area contributed by atoms with Crippen LogP contribution in [0.4, 0.5) is 0 Å². The molecule has 3 nitrogen and oxygen atoms in total. The molecule has 1 amide bonds. The lowest BCUT2D eigenvalue weighted by Crippen LogP contribution is -2.36. The molecule has 1 heterocycles. The van der Waals surface area contributed by atoms with Gasteiger partial charge in [-0.15, -0.1) is 0 Å². The smallest absolute Gasteiger partial charge is 0.248 e. The molecule has 0 spiro atoms. The van der Waals surface area contributed by atoms with Crippen LogP contribution in [-0.2, 0) is 6.42 Å². The van der Waals surface area contributed by atoms with Crippen LogP contribution in [0.5, 0.6) is 0 Å². The van der Waals surface area contributed by atoms with Crippen molar-refractivity contribution in [2.45, 2.75) is 44.6 Å². The molecule has 0 aromatic heterocycles. The average Bonchev–Trinajstić information content (AvgIpc) is 2.82. The molecule has 1 saturated heterocycles. The van der Waals surface area contributed by atoms with E-state index >= 15 is 0 Å². The van der Waals surface area contributed by atoms with Gasteiger partial charge in [-0.1, -0.05) is 19.1 Å². The van der Waals surface area contributed by atoms with Gasteiger partial charge < -0.3 is 5.73 Å². The monoisotopic (exact) mass is 258 g/mol. The van der Waals surface area contributed by atoms with Gasteiger partial charge in [-0.3, -0.25) is 9.69 Å². The molecule has 3 rings (SSSR count). The van der Waals surface area contributed by atoms with Crippen LogP contribution in [-0.4, -0.2) is 29.9 Å². The summed E-state index contributed by atoms with van der Waals surface area (Å²) >= 11 is 0. The van der Waals surface area contributed by atoms with Crippen LogP contribution < -0.4 is 5.73 Å².